The molecule has 0 fully saturated rings. The van der Waals surface area contributed by atoms with Gasteiger partial charge in [0.25, 0.3) is 0 Å². The van der Waals surface area contributed by atoms with Gasteiger partial charge in [0, 0.05) is 12.8 Å². The summed E-state index contributed by atoms with van der Waals surface area (Å²) in [6, 6.07) is 35.7. The average Bonchev–Trinajstić information content (AvgIpc) is 2.97. The molecule has 0 aliphatic heterocycles. The number of hydrogen-bond acceptors (Lipinski definition) is 3. The Labute approximate surface area is 256 Å². The molecule has 0 heterocycles. The molecule has 0 spiro atoms. The van der Waals surface area contributed by atoms with Gasteiger partial charge in [-0.1, -0.05) is 120 Å². The third kappa shape index (κ3) is 7.11. The van der Waals surface area contributed by atoms with Gasteiger partial charge in [-0.25, -0.2) is 0 Å². The van der Waals surface area contributed by atoms with Gasteiger partial charge in [0.15, 0.2) is 0 Å². The Hall–Kier alpha value is -4.50. The number of hydrogen-bond donors (Lipinski definition) is 3. The van der Waals surface area contributed by atoms with Crippen molar-refractivity contribution in [3.63, 3.8) is 0 Å². The lowest BCUT2D eigenvalue weighted by Crippen LogP contribution is -2.25. The fourth-order valence-electron chi connectivity index (χ4n) is 6.33. The van der Waals surface area contributed by atoms with E-state index >= 15 is 0 Å². The Morgan fingerprint density at radius 2 is 0.884 bits per heavy atom. The minimum Gasteiger partial charge on any atom is -0.508 e. The highest BCUT2D eigenvalue weighted by molar-refractivity contribution is 5.67. The minimum absolute atomic E-state index is 0.103. The molecule has 0 aliphatic carbocycles. The van der Waals surface area contributed by atoms with Crippen LogP contribution in [0.25, 0.3) is 22.3 Å². The third-order valence-electron chi connectivity index (χ3n) is 8.16. The van der Waals surface area contributed by atoms with Gasteiger partial charge < -0.3 is 15.3 Å². The van der Waals surface area contributed by atoms with Crippen LogP contribution in [-0.4, -0.2) is 15.3 Å². The fourth-order valence-corrected chi connectivity index (χ4v) is 6.33. The van der Waals surface area contributed by atoms with E-state index in [1.807, 2.05) is 60.7 Å². The van der Waals surface area contributed by atoms with E-state index in [9.17, 15) is 15.3 Å². The van der Waals surface area contributed by atoms with E-state index in [2.05, 4.69) is 71.0 Å². The van der Waals surface area contributed by atoms with Crippen LogP contribution in [0.4, 0.5) is 0 Å². The molecule has 0 amide bonds. The van der Waals surface area contributed by atoms with Gasteiger partial charge in [-0.2, -0.15) is 0 Å². The molecule has 3 nitrogen and oxygen atoms in total. The predicted octanol–water partition coefficient (Wildman–Crippen LogP) is 10.0. The van der Waals surface area contributed by atoms with Gasteiger partial charge in [-0.15, -0.1) is 0 Å². The van der Waals surface area contributed by atoms with Crippen LogP contribution < -0.4 is 0 Å². The maximum atomic E-state index is 11.7. The van der Waals surface area contributed by atoms with Crippen LogP contribution in [0.5, 0.6) is 17.2 Å². The molecule has 3 heteroatoms. The van der Waals surface area contributed by atoms with Gasteiger partial charge in [0.2, 0.25) is 0 Å². The first-order valence-electron chi connectivity index (χ1n) is 15.0. The van der Waals surface area contributed by atoms with Gasteiger partial charge >= 0.3 is 0 Å². The van der Waals surface area contributed by atoms with E-state index in [1.165, 1.54) is 0 Å². The first-order valence-corrected chi connectivity index (χ1v) is 15.0. The Morgan fingerprint density at radius 1 is 0.465 bits per heavy atom. The zero-order valence-corrected chi connectivity index (χ0v) is 25.9. The normalized spacial score (nSPS) is 11.9. The molecular formula is C40H42O3. The number of benzene rings is 5. The number of rotatable bonds is 8. The Morgan fingerprint density at radius 3 is 1.28 bits per heavy atom. The van der Waals surface area contributed by atoms with Crippen molar-refractivity contribution >= 4 is 0 Å². The second kappa shape index (κ2) is 12.0. The summed E-state index contributed by atoms with van der Waals surface area (Å²) in [4.78, 5) is 0. The molecule has 0 radical (unpaired) electrons. The fraction of sp³-hybridized carbons (Fsp3) is 0.250. The van der Waals surface area contributed by atoms with Crippen molar-refractivity contribution in [2.45, 2.75) is 59.3 Å². The smallest absolute Gasteiger partial charge is 0.122 e. The van der Waals surface area contributed by atoms with Crippen LogP contribution in [0.2, 0.25) is 0 Å². The summed E-state index contributed by atoms with van der Waals surface area (Å²) >= 11 is 0. The lowest BCUT2D eigenvalue weighted by molar-refractivity contribution is 0.283. The molecule has 0 bridgehead atoms. The predicted molar refractivity (Wildman–Crippen MR) is 178 cm³/mol. The lowest BCUT2D eigenvalue weighted by atomic mass is 9.71. The number of aromatic hydroxyl groups is 3. The van der Waals surface area contributed by atoms with E-state index < -0.39 is 0 Å². The summed E-state index contributed by atoms with van der Waals surface area (Å²) in [5.74, 6) is 0.603. The molecule has 0 unspecified atom stereocenters. The van der Waals surface area contributed by atoms with Crippen LogP contribution in [-0.2, 0) is 18.3 Å². The maximum Gasteiger partial charge on any atom is 0.122 e. The summed E-state index contributed by atoms with van der Waals surface area (Å²) in [6.07, 6.45) is 1.70. The lowest BCUT2D eigenvalue weighted by Gasteiger charge is -2.34. The van der Waals surface area contributed by atoms with Gasteiger partial charge in [0.05, 0.1) is 0 Å². The highest BCUT2D eigenvalue weighted by atomic mass is 16.3. The van der Waals surface area contributed by atoms with Gasteiger partial charge in [-0.3, -0.25) is 0 Å². The van der Waals surface area contributed by atoms with Crippen molar-refractivity contribution in [3.05, 3.63) is 137 Å². The van der Waals surface area contributed by atoms with Crippen LogP contribution in [0.1, 0.15) is 68.9 Å². The molecule has 5 aromatic rings. The highest BCUT2D eigenvalue weighted by Crippen LogP contribution is 2.41. The van der Waals surface area contributed by atoms with Crippen LogP contribution in [0.15, 0.2) is 109 Å². The zero-order chi connectivity index (χ0) is 30.8. The van der Waals surface area contributed by atoms with Crippen molar-refractivity contribution in [3.8, 4) is 39.5 Å². The van der Waals surface area contributed by atoms with Gasteiger partial charge in [-0.05, 0) is 91.6 Å². The van der Waals surface area contributed by atoms with Crippen LogP contribution >= 0.6 is 0 Å². The molecule has 0 aromatic heterocycles. The Bertz CT molecular complexity index is 1600. The van der Waals surface area contributed by atoms with E-state index in [1.54, 1.807) is 12.1 Å². The standard InChI is InChI=1S/C40H42O3/c1-39(2,3)26-40(4,5)35-24-33(22-31-20-29(16-18-36(31)41)27-12-8-6-9-13-27)38(43)34(25-35)23-32-21-30(17-19-37(32)42)28-14-10-7-11-15-28/h6-21,24-25,41-43H,22-23,26H2,1-5H3. The second-order valence-electron chi connectivity index (χ2n) is 13.5. The molecule has 43 heavy (non-hydrogen) atoms. The van der Waals surface area contributed by atoms with Crippen molar-refractivity contribution < 1.29 is 15.3 Å². The monoisotopic (exact) mass is 570 g/mol. The molecule has 5 rings (SSSR count). The van der Waals surface area contributed by atoms with E-state index in [0.29, 0.717) is 12.8 Å². The molecule has 0 saturated heterocycles. The van der Waals surface area contributed by atoms with E-state index in [0.717, 1.165) is 56.5 Å². The molecular weight excluding hydrogens is 528 g/mol. The highest BCUT2D eigenvalue weighted by Gasteiger charge is 2.29. The first-order chi connectivity index (χ1) is 20.4. The maximum absolute atomic E-state index is 11.7. The summed E-state index contributed by atoms with van der Waals surface area (Å²) in [5, 5.41) is 33.5. The van der Waals surface area contributed by atoms with Crippen molar-refractivity contribution in [2.75, 3.05) is 0 Å². The molecule has 0 atom stereocenters. The van der Waals surface area contributed by atoms with E-state index in [-0.39, 0.29) is 28.1 Å². The molecule has 3 N–H and O–H groups in total. The number of phenols is 3. The molecule has 0 aliphatic rings. The molecule has 5 aromatic carbocycles. The summed E-state index contributed by atoms with van der Waals surface area (Å²) in [6.45, 7) is 11.2. The first kappa shape index (κ1) is 30.0. The average molecular weight is 571 g/mol. The molecule has 220 valence electrons. The second-order valence-corrected chi connectivity index (χ2v) is 13.5. The minimum atomic E-state index is -0.169. The largest absolute Gasteiger partial charge is 0.508 e. The molecule has 0 saturated carbocycles. The van der Waals surface area contributed by atoms with Crippen molar-refractivity contribution in [2.24, 2.45) is 5.41 Å². The third-order valence-corrected chi connectivity index (χ3v) is 8.16. The summed E-state index contributed by atoms with van der Waals surface area (Å²) in [5.41, 5.74) is 8.25. The topological polar surface area (TPSA) is 60.7 Å². The van der Waals surface area contributed by atoms with Crippen molar-refractivity contribution in [1.82, 2.24) is 0 Å². The van der Waals surface area contributed by atoms with Crippen LogP contribution in [0.3, 0.4) is 0 Å². The summed E-state index contributed by atoms with van der Waals surface area (Å²) in [7, 11) is 0. The van der Waals surface area contributed by atoms with Gasteiger partial charge in [0.1, 0.15) is 17.2 Å². The zero-order valence-electron chi connectivity index (χ0n) is 25.9. The SMILES string of the molecule is CC(C)(C)CC(C)(C)c1cc(Cc2cc(-c3ccccc3)ccc2O)c(O)c(Cc2cc(-c3ccccc3)ccc2O)c1. The van der Waals surface area contributed by atoms with Crippen LogP contribution in [0, 0.1) is 5.41 Å². The quantitative estimate of drug-likeness (QED) is 0.174. The van der Waals surface area contributed by atoms with E-state index in [4.69, 9.17) is 0 Å². The number of phenolic OH excluding ortho intramolecular Hbond substituents is 3. The van der Waals surface area contributed by atoms with Crippen molar-refractivity contribution in [1.29, 1.82) is 0 Å². The Balaban J connectivity index is 1.59. The Kier molecular flexibility index (Phi) is 8.37. The summed E-state index contributed by atoms with van der Waals surface area (Å²) < 4.78 is 0.